The molecular formula is C16H15FeN-6. The molecule has 0 fully saturated rings. The zero-order chi connectivity index (χ0) is 11.9. The third-order valence-electron chi connectivity index (χ3n) is 2.44. The minimum atomic E-state index is 0. The number of nitrogen functional groups attached to an aromatic ring is 1. The number of hydrogen-bond donors (Lipinski definition) is 1. The molecule has 0 aliphatic rings. The van der Waals surface area contributed by atoms with Crippen LogP contribution in [0, 0.1) is 0 Å². The molecule has 0 saturated carbocycles. The van der Waals surface area contributed by atoms with E-state index in [0.29, 0.717) is 0 Å². The van der Waals surface area contributed by atoms with E-state index >= 15 is 0 Å². The zero-order valence-corrected chi connectivity index (χ0v) is 11.0. The Balaban J connectivity index is 0.000000230. The molecule has 0 aromatic heterocycles. The molecule has 0 aliphatic heterocycles. The van der Waals surface area contributed by atoms with Crippen LogP contribution in [0.4, 0.5) is 5.69 Å². The second-order valence-electron chi connectivity index (χ2n) is 3.76. The fourth-order valence-electron chi connectivity index (χ4n) is 1.61. The maximum absolute atomic E-state index is 5.66. The summed E-state index contributed by atoms with van der Waals surface area (Å²) in [6.45, 7) is 0. The predicted octanol–water partition coefficient (Wildman–Crippen LogP) is 4.06. The van der Waals surface area contributed by atoms with Gasteiger partial charge in [0.1, 0.15) is 0 Å². The molecule has 0 bridgehead atoms. The monoisotopic (exact) mass is 277 g/mol. The van der Waals surface area contributed by atoms with Crippen LogP contribution >= 0.6 is 0 Å². The van der Waals surface area contributed by atoms with Gasteiger partial charge in [0.2, 0.25) is 0 Å². The summed E-state index contributed by atoms with van der Waals surface area (Å²) in [4.78, 5) is 0. The van der Waals surface area contributed by atoms with Crippen molar-refractivity contribution in [3.05, 3.63) is 78.9 Å². The van der Waals surface area contributed by atoms with Crippen molar-refractivity contribution in [3.63, 3.8) is 0 Å². The molecule has 3 rings (SSSR count). The first-order valence-electron chi connectivity index (χ1n) is 5.60. The van der Waals surface area contributed by atoms with Crippen molar-refractivity contribution in [1.29, 1.82) is 0 Å². The van der Waals surface area contributed by atoms with Crippen molar-refractivity contribution in [1.82, 2.24) is 0 Å². The van der Waals surface area contributed by atoms with E-state index < -0.39 is 0 Å². The van der Waals surface area contributed by atoms with Gasteiger partial charge in [0, 0.05) is 17.1 Å². The van der Waals surface area contributed by atoms with E-state index in [0.717, 1.165) is 5.69 Å². The van der Waals surface area contributed by atoms with E-state index in [2.05, 4.69) is 18.2 Å². The molecule has 2 N–H and O–H groups in total. The molecule has 0 saturated heterocycles. The number of nitrogens with two attached hydrogens (primary N) is 1. The minimum absolute atomic E-state index is 0. The molecule has 3 aromatic carbocycles. The topological polar surface area (TPSA) is 26.0 Å². The quantitative estimate of drug-likeness (QED) is 0.405. The number of hydrogen-bond acceptors (Lipinski definition) is 1. The second kappa shape index (κ2) is 7.54. The van der Waals surface area contributed by atoms with E-state index in [1.807, 2.05) is 60.7 Å². The summed E-state index contributed by atoms with van der Waals surface area (Å²) >= 11 is 0. The van der Waals surface area contributed by atoms with Gasteiger partial charge in [0.25, 0.3) is 0 Å². The molecule has 98 valence electrons. The second-order valence-corrected chi connectivity index (χ2v) is 3.76. The molecule has 0 spiro atoms. The van der Waals surface area contributed by atoms with Crippen LogP contribution in [0.15, 0.2) is 78.9 Å². The van der Waals surface area contributed by atoms with E-state index in [9.17, 15) is 0 Å². The van der Waals surface area contributed by atoms with Crippen LogP contribution < -0.4 is 5.73 Å². The molecule has 0 heterocycles. The molecule has 0 aliphatic carbocycles. The van der Waals surface area contributed by atoms with Crippen molar-refractivity contribution in [2.75, 3.05) is 5.73 Å². The Bertz CT molecular complexity index is 507. The summed E-state index contributed by atoms with van der Waals surface area (Å²) in [6.07, 6.45) is 0. The van der Waals surface area contributed by atoms with Gasteiger partial charge in [-0.3, -0.25) is 0 Å². The van der Waals surface area contributed by atoms with Gasteiger partial charge in [0.15, 0.2) is 0 Å². The van der Waals surface area contributed by atoms with Gasteiger partial charge in [-0.1, -0.05) is 23.8 Å². The number of benzene rings is 1. The van der Waals surface area contributed by atoms with Crippen LogP contribution in [0.3, 0.4) is 0 Å². The van der Waals surface area contributed by atoms with Crippen molar-refractivity contribution in [3.8, 4) is 11.1 Å². The Morgan fingerprint density at radius 3 is 1.89 bits per heavy atom. The molecule has 3 aromatic rings. The Hall–Kier alpha value is -1.76. The Morgan fingerprint density at radius 2 is 1.39 bits per heavy atom. The molecule has 18 heavy (non-hydrogen) atoms. The van der Waals surface area contributed by atoms with Crippen molar-refractivity contribution in [2.24, 2.45) is 0 Å². The largest absolute Gasteiger partial charge is 0.748 e. The van der Waals surface area contributed by atoms with Crippen LogP contribution in [0.5, 0.6) is 0 Å². The molecule has 0 radical (unpaired) electrons. The molecule has 1 nitrogen and oxygen atoms in total. The van der Waals surface area contributed by atoms with Crippen LogP contribution in [0.2, 0.25) is 0 Å². The van der Waals surface area contributed by atoms with Crippen LogP contribution in [0.25, 0.3) is 11.1 Å². The van der Waals surface area contributed by atoms with Crippen molar-refractivity contribution >= 4 is 5.69 Å². The summed E-state index contributed by atoms with van der Waals surface area (Å²) in [6, 6.07) is 26.1. The van der Waals surface area contributed by atoms with Gasteiger partial charge in [-0.15, -0.1) is 23.8 Å². The third-order valence-corrected chi connectivity index (χ3v) is 2.44. The summed E-state index contributed by atoms with van der Waals surface area (Å²) in [7, 11) is 0. The maximum atomic E-state index is 5.66. The third kappa shape index (κ3) is 4.25. The Labute approximate surface area is 118 Å². The average molecular weight is 277 g/mol. The fourth-order valence-corrected chi connectivity index (χ4v) is 1.61. The smallest absolute Gasteiger partial charge is 0 e. The first-order chi connectivity index (χ1) is 8.36. The Morgan fingerprint density at radius 1 is 0.833 bits per heavy atom. The zero-order valence-electron chi connectivity index (χ0n) is 9.94. The first kappa shape index (κ1) is 14.3. The van der Waals surface area contributed by atoms with E-state index in [4.69, 9.17) is 5.73 Å². The fraction of sp³-hybridized carbons (Fsp3) is 0. The van der Waals surface area contributed by atoms with Gasteiger partial charge in [0.05, 0.1) is 0 Å². The SMILES string of the molecule is Nc1cccc(-[c-]2cccc2)c1.[Fe].[cH-]1[cH-][cH-][cH-][cH-]1. The van der Waals surface area contributed by atoms with Gasteiger partial charge in [-0.05, 0) is 5.69 Å². The molecule has 0 atom stereocenters. The molecule has 0 amide bonds. The molecular weight excluding hydrogens is 262 g/mol. The van der Waals surface area contributed by atoms with Gasteiger partial charge in [-0.25, -0.2) is 0 Å². The number of anilines is 1. The Kier molecular flexibility index (Phi) is 5.99. The van der Waals surface area contributed by atoms with Crippen LogP contribution in [-0.4, -0.2) is 0 Å². The van der Waals surface area contributed by atoms with Crippen molar-refractivity contribution < 1.29 is 17.1 Å². The summed E-state index contributed by atoms with van der Waals surface area (Å²) in [5.41, 5.74) is 8.88. The normalized spacial score (nSPS) is 8.89. The van der Waals surface area contributed by atoms with Crippen LogP contribution in [-0.2, 0) is 17.1 Å². The van der Waals surface area contributed by atoms with E-state index in [1.165, 1.54) is 11.1 Å². The van der Waals surface area contributed by atoms with E-state index in [-0.39, 0.29) is 17.1 Å². The average Bonchev–Trinajstić information content (AvgIpc) is 3.06. The summed E-state index contributed by atoms with van der Waals surface area (Å²) in [5, 5.41) is 0. The summed E-state index contributed by atoms with van der Waals surface area (Å²) < 4.78 is 0. The van der Waals surface area contributed by atoms with Crippen molar-refractivity contribution in [2.45, 2.75) is 0 Å². The van der Waals surface area contributed by atoms with Gasteiger partial charge in [-0.2, -0.15) is 12.1 Å². The van der Waals surface area contributed by atoms with E-state index in [1.54, 1.807) is 0 Å². The minimum Gasteiger partial charge on any atom is -0.748 e. The summed E-state index contributed by atoms with van der Waals surface area (Å²) in [5.74, 6) is 0. The predicted molar refractivity (Wildman–Crippen MR) is 73.9 cm³/mol. The molecule has 2 heteroatoms. The van der Waals surface area contributed by atoms with Crippen LogP contribution in [0.1, 0.15) is 0 Å². The van der Waals surface area contributed by atoms with Gasteiger partial charge < -0.3 is 36.1 Å². The molecule has 0 unspecified atom stereocenters. The maximum Gasteiger partial charge on any atom is 0 e. The first-order valence-corrected chi connectivity index (χ1v) is 5.60. The van der Waals surface area contributed by atoms with Gasteiger partial charge >= 0.3 is 0 Å². The number of rotatable bonds is 1. The standard InChI is InChI=1S/C11H10N.C5H5.Fe/c12-11-7-3-6-10(8-11)9-4-1-2-5-9;1-2-4-5-3-1;/h1-8H,12H2;1-5H;/q-1;-5;.